The van der Waals surface area contributed by atoms with E-state index < -0.39 is 20.8 Å². The molecule has 0 fully saturated rings. The molecule has 112 valence electrons. The number of carbonyl (C=O) groups is 1. The minimum atomic E-state index is -4.10. The maximum absolute atomic E-state index is 13.5. The molecule has 0 bridgehead atoms. The van der Waals surface area contributed by atoms with Crippen LogP contribution in [-0.2, 0) is 9.05 Å². The summed E-state index contributed by atoms with van der Waals surface area (Å²) in [5, 5.41) is 2.64. The maximum atomic E-state index is 13.5. The van der Waals surface area contributed by atoms with E-state index in [2.05, 4.69) is 5.32 Å². The van der Waals surface area contributed by atoms with Crippen molar-refractivity contribution in [2.75, 3.05) is 6.54 Å². The van der Waals surface area contributed by atoms with Crippen molar-refractivity contribution in [3.05, 3.63) is 29.1 Å². The van der Waals surface area contributed by atoms with Gasteiger partial charge in [0.05, 0.1) is 4.90 Å². The molecule has 1 amide bonds. The van der Waals surface area contributed by atoms with E-state index in [1.165, 1.54) is 6.92 Å². The first kappa shape index (κ1) is 16.9. The molecule has 4 nitrogen and oxygen atoms in total. The van der Waals surface area contributed by atoms with Crippen LogP contribution >= 0.6 is 10.7 Å². The molecule has 0 aliphatic heterocycles. The van der Waals surface area contributed by atoms with Gasteiger partial charge >= 0.3 is 0 Å². The summed E-state index contributed by atoms with van der Waals surface area (Å²) in [5.41, 5.74) is -0.0422. The lowest BCUT2D eigenvalue weighted by Crippen LogP contribution is -2.32. The Morgan fingerprint density at radius 2 is 1.90 bits per heavy atom. The fraction of sp³-hybridized carbons (Fsp3) is 0.462. The molecule has 20 heavy (non-hydrogen) atoms. The highest BCUT2D eigenvalue weighted by Gasteiger charge is 2.22. The van der Waals surface area contributed by atoms with Crippen molar-refractivity contribution in [3.63, 3.8) is 0 Å². The zero-order chi connectivity index (χ0) is 15.7. The van der Waals surface area contributed by atoms with Gasteiger partial charge in [0.1, 0.15) is 5.82 Å². The Morgan fingerprint density at radius 1 is 1.35 bits per heavy atom. The third-order valence-corrected chi connectivity index (χ3v) is 4.06. The summed E-state index contributed by atoms with van der Waals surface area (Å²) in [5.74, 6) is -1.35. The predicted molar refractivity (Wildman–Crippen MR) is 76.0 cm³/mol. The van der Waals surface area contributed by atoms with Crippen LogP contribution in [0.3, 0.4) is 0 Å². The van der Waals surface area contributed by atoms with Gasteiger partial charge in [-0.15, -0.1) is 0 Å². The Bertz CT molecular complexity index is 636. The summed E-state index contributed by atoms with van der Waals surface area (Å²) in [6.45, 7) is 7.59. The lowest BCUT2D eigenvalue weighted by atomic mass is 9.96. The van der Waals surface area contributed by atoms with E-state index >= 15 is 0 Å². The van der Waals surface area contributed by atoms with Crippen LogP contribution in [0.25, 0.3) is 0 Å². The van der Waals surface area contributed by atoms with Crippen molar-refractivity contribution in [2.24, 2.45) is 5.41 Å². The number of amides is 1. The fourth-order valence-electron chi connectivity index (χ4n) is 1.58. The summed E-state index contributed by atoms with van der Waals surface area (Å²) in [7, 11) is 1.13. The molecule has 0 radical (unpaired) electrons. The van der Waals surface area contributed by atoms with Crippen molar-refractivity contribution >= 4 is 25.6 Å². The van der Waals surface area contributed by atoms with Gasteiger partial charge in [0.2, 0.25) is 0 Å². The minimum Gasteiger partial charge on any atom is -0.352 e. The molecule has 1 aromatic rings. The Hall–Kier alpha value is -1.14. The van der Waals surface area contributed by atoms with Gasteiger partial charge in [-0.05, 0) is 30.0 Å². The smallest absolute Gasteiger partial charge is 0.261 e. The topological polar surface area (TPSA) is 63.2 Å². The van der Waals surface area contributed by atoms with Crippen LogP contribution in [0.2, 0.25) is 0 Å². The molecule has 0 heterocycles. The van der Waals surface area contributed by atoms with E-state index in [0.717, 1.165) is 12.1 Å². The molecular weight excluding hydrogens is 305 g/mol. The van der Waals surface area contributed by atoms with Crippen molar-refractivity contribution in [3.8, 4) is 0 Å². The number of rotatable bonds is 3. The van der Waals surface area contributed by atoms with Crippen LogP contribution in [0.1, 0.15) is 36.7 Å². The third kappa shape index (κ3) is 4.45. The van der Waals surface area contributed by atoms with Gasteiger partial charge in [0, 0.05) is 22.8 Å². The zero-order valence-electron chi connectivity index (χ0n) is 11.8. The Morgan fingerprint density at radius 3 is 2.35 bits per heavy atom. The average Bonchev–Trinajstić information content (AvgIpc) is 2.26. The number of carbonyl (C=O) groups excluding carboxylic acids is 1. The van der Waals surface area contributed by atoms with Crippen LogP contribution in [0.4, 0.5) is 4.39 Å². The summed E-state index contributed by atoms with van der Waals surface area (Å²) < 4.78 is 36.2. The first-order chi connectivity index (χ1) is 8.92. The second-order valence-electron chi connectivity index (χ2n) is 5.76. The fourth-order valence-corrected chi connectivity index (χ4v) is 2.79. The predicted octanol–water partition coefficient (Wildman–Crippen LogP) is 2.84. The van der Waals surface area contributed by atoms with Gasteiger partial charge in [-0.3, -0.25) is 4.79 Å². The van der Waals surface area contributed by atoms with Crippen molar-refractivity contribution in [2.45, 2.75) is 32.6 Å². The van der Waals surface area contributed by atoms with Crippen molar-refractivity contribution in [1.29, 1.82) is 0 Å². The molecule has 0 atom stereocenters. The monoisotopic (exact) mass is 321 g/mol. The number of hydrogen-bond acceptors (Lipinski definition) is 3. The van der Waals surface area contributed by atoms with Crippen LogP contribution in [-0.4, -0.2) is 20.9 Å². The Balaban J connectivity index is 3.20. The van der Waals surface area contributed by atoms with Gasteiger partial charge in [-0.25, -0.2) is 12.8 Å². The van der Waals surface area contributed by atoms with Crippen molar-refractivity contribution in [1.82, 2.24) is 5.32 Å². The highest BCUT2D eigenvalue weighted by atomic mass is 35.7. The largest absolute Gasteiger partial charge is 0.352 e. The molecule has 0 aliphatic carbocycles. The second kappa shape index (κ2) is 5.69. The Labute approximate surface area is 122 Å². The molecular formula is C13H17ClFNO3S. The van der Waals surface area contributed by atoms with Crippen molar-refractivity contribution < 1.29 is 17.6 Å². The van der Waals surface area contributed by atoms with Gasteiger partial charge in [0.15, 0.2) is 0 Å². The molecule has 1 rings (SSSR count). The highest BCUT2D eigenvalue weighted by molar-refractivity contribution is 8.13. The van der Waals surface area contributed by atoms with Crippen LogP contribution in [0, 0.1) is 18.2 Å². The van der Waals surface area contributed by atoms with E-state index in [9.17, 15) is 17.6 Å². The first-order valence-corrected chi connectivity index (χ1v) is 8.26. The minimum absolute atomic E-state index is 0.0338. The Kier molecular flexibility index (Phi) is 4.82. The number of nitrogens with one attached hydrogen (secondary N) is 1. The number of benzene rings is 1. The van der Waals surface area contributed by atoms with E-state index in [4.69, 9.17) is 10.7 Å². The number of hydrogen-bond donors (Lipinski definition) is 1. The SMILES string of the molecule is Cc1c(C(=O)NCC(C)(C)C)cc(F)cc1S(=O)(=O)Cl. The normalized spacial score (nSPS) is 12.3. The molecule has 0 aliphatic rings. The molecule has 0 spiro atoms. The van der Waals surface area contributed by atoms with Crippen LogP contribution < -0.4 is 5.32 Å². The average molecular weight is 322 g/mol. The van der Waals surface area contributed by atoms with Gasteiger partial charge < -0.3 is 5.32 Å². The standard InChI is InChI=1S/C13H17ClFNO3S/c1-8-10(12(17)16-7-13(2,3)4)5-9(15)6-11(8)20(14,18)19/h5-6H,7H2,1-4H3,(H,16,17). The lowest BCUT2D eigenvalue weighted by Gasteiger charge is -2.19. The molecule has 0 aromatic heterocycles. The maximum Gasteiger partial charge on any atom is 0.261 e. The lowest BCUT2D eigenvalue weighted by molar-refractivity contribution is 0.0938. The third-order valence-electron chi connectivity index (χ3n) is 2.61. The quantitative estimate of drug-likeness (QED) is 0.871. The second-order valence-corrected chi connectivity index (χ2v) is 8.29. The van der Waals surface area contributed by atoms with Gasteiger partial charge in [0.25, 0.3) is 15.0 Å². The highest BCUT2D eigenvalue weighted by Crippen LogP contribution is 2.24. The molecule has 7 heteroatoms. The van der Waals surface area contributed by atoms with E-state index in [1.54, 1.807) is 0 Å². The molecule has 0 saturated heterocycles. The molecule has 0 unspecified atom stereocenters. The summed E-state index contributed by atoms with van der Waals surface area (Å²) in [6, 6.07) is 1.80. The molecule has 1 aromatic carbocycles. The summed E-state index contributed by atoms with van der Waals surface area (Å²) in [4.78, 5) is 11.6. The first-order valence-electron chi connectivity index (χ1n) is 5.95. The van der Waals surface area contributed by atoms with E-state index in [1.807, 2.05) is 20.8 Å². The number of halogens is 2. The van der Waals surface area contributed by atoms with E-state index in [0.29, 0.717) is 6.54 Å². The van der Waals surface area contributed by atoms with Gasteiger partial charge in [-0.2, -0.15) is 0 Å². The van der Waals surface area contributed by atoms with Gasteiger partial charge in [-0.1, -0.05) is 20.8 Å². The summed E-state index contributed by atoms with van der Waals surface area (Å²) in [6.07, 6.45) is 0. The van der Waals surface area contributed by atoms with Crippen LogP contribution in [0.15, 0.2) is 17.0 Å². The molecule has 0 saturated carbocycles. The van der Waals surface area contributed by atoms with E-state index in [-0.39, 0.29) is 21.4 Å². The summed E-state index contributed by atoms with van der Waals surface area (Å²) >= 11 is 0. The molecule has 1 N–H and O–H groups in total. The van der Waals surface area contributed by atoms with Crippen LogP contribution in [0.5, 0.6) is 0 Å². The zero-order valence-corrected chi connectivity index (χ0v) is 13.3.